The molecule has 110 valence electrons. The zero-order valence-corrected chi connectivity index (χ0v) is 12.6. The van der Waals surface area contributed by atoms with Crippen LogP contribution < -0.4 is 10.6 Å². The lowest BCUT2D eigenvalue weighted by Crippen LogP contribution is -2.57. The van der Waals surface area contributed by atoms with Crippen molar-refractivity contribution >= 4 is 28.3 Å². The molecular formula is C13H20N4O2S. The standard InChI is InChI=1S/C13H20N4O2S/c1-3-5-14-13-15-6-9(20-13)7-17-8-11(18)16-12(19)10(17)4-2/h6,10H,3-5,7-8H2,1-2H3,(H,14,15)(H,16,18,19). The summed E-state index contributed by atoms with van der Waals surface area (Å²) in [5.41, 5.74) is 0. The van der Waals surface area contributed by atoms with Gasteiger partial charge in [-0.2, -0.15) is 0 Å². The zero-order chi connectivity index (χ0) is 14.5. The molecule has 2 amide bonds. The third-order valence-electron chi connectivity index (χ3n) is 3.18. The molecule has 0 radical (unpaired) electrons. The fourth-order valence-corrected chi connectivity index (χ4v) is 3.09. The fraction of sp³-hybridized carbons (Fsp3) is 0.615. The van der Waals surface area contributed by atoms with Gasteiger partial charge in [-0.1, -0.05) is 13.8 Å². The molecule has 7 heteroatoms. The molecule has 2 heterocycles. The third kappa shape index (κ3) is 3.55. The summed E-state index contributed by atoms with van der Waals surface area (Å²) in [6.07, 6.45) is 3.55. The Hall–Kier alpha value is -1.47. The molecule has 0 bridgehead atoms. The molecule has 0 aliphatic carbocycles. The number of amides is 2. The van der Waals surface area contributed by atoms with Gasteiger partial charge < -0.3 is 5.32 Å². The summed E-state index contributed by atoms with van der Waals surface area (Å²) in [6, 6.07) is -0.234. The van der Waals surface area contributed by atoms with Gasteiger partial charge in [0.1, 0.15) is 0 Å². The molecule has 1 aliphatic heterocycles. The van der Waals surface area contributed by atoms with Crippen LogP contribution in [0.15, 0.2) is 6.20 Å². The third-order valence-corrected chi connectivity index (χ3v) is 4.12. The molecule has 1 aromatic heterocycles. The first-order valence-electron chi connectivity index (χ1n) is 6.90. The average Bonchev–Trinajstić information content (AvgIpc) is 2.83. The summed E-state index contributed by atoms with van der Waals surface area (Å²) in [7, 11) is 0. The number of rotatable bonds is 6. The van der Waals surface area contributed by atoms with Crippen LogP contribution >= 0.6 is 11.3 Å². The maximum absolute atomic E-state index is 11.8. The average molecular weight is 296 g/mol. The predicted molar refractivity (Wildman–Crippen MR) is 78.5 cm³/mol. The minimum Gasteiger partial charge on any atom is -0.362 e. The van der Waals surface area contributed by atoms with Crippen molar-refractivity contribution in [2.75, 3.05) is 18.4 Å². The van der Waals surface area contributed by atoms with E-state index >= 15 is 0 Å². The van der Waals surface area contributed by atoms with E-state index in [4.69, 9.17) is 0 Å². The van der Waals surface area contributed by atoms with Crippen LogP contribution in [0.1, 0.15) is 31.6 Å². The highest BCUT2D eigenvalue weighted by Gasteiger charge is 2.32. The smallest absolute Gasteiger partial charge is 0.243 e. The number of nitrogens with zero attached hydrogens (tertiary/aromatic N) is 2. The van der Waals surface area contributed by atoms with E-state index < -0.39 is 0 Å². The number of carbonyl (C=O) groups is 2. The van der Waals surface area contributed by atoms with Crippen LogP contribution in [0.25, 0.3) is 0 Å². The molecule has 1 aliphatic rings. The molecule has 0 aromatic carbocycles. The lowest BCUT2D eigenvalue weighted by Gasteiger charge is -2.32. The Bertz CT molecular complexity index is 488. The predicted octanol–water partition coefficient (Wildman–Crippen LogP) is 1.20. The van der Waals surface area contributed by atoms with Crippen LogP contribution in [0.2, 0.25) is 0 Å². The molecule has 2 rings (SSSR count). The number of aromatic nitrogens is 1. The quantitative estimate of drug-likeness (QED) is 0.772. The summed E-state index contributed by atoms with van der Waals surface area (Å²) in [5.74, 6) is -0.425. The molecule has 0 spiro atoms. The second kappa shape index (κ2) is 6.81. The van der Waals surface area contributed by atoms with Gasteiger partial charge in [-0.15, -0.1) is 11.3 Å². The van der Waals surface area contributed by atoms with Gasteiger partial charge in [-0.3, -0.25) is 19.8 Å². The summed E-state index contributed by atoms with van der Waals surface area (Å²) in [6.45, 7) is 5.80. The Morgan fingerprint density at radius 3 is 3.00 bits per heavy atom. The van der Waals surface area contributed by atoms with Crippen molar-refractivity contribution in [1.82, 2.24) is 15.2 Å². The number of nitrogens with one attached hydrogen (secondary N) is 2. The van der Waals surface area contributed by atoms with Crippen molar-refractivity contribution < 1.29 is 9.59 Å². The van der Waals surface area contributed by atoms with E-state index in [1.165, 1.54) is 0 Å². The van der Waals surface area contributed by atoms with Gasteiger partial charge in [0.05, 0.1) is 12.6 Å². The number of anilines is 1. The normalized spacial score (nSPS) is 20.0. The molecular weight excluding hydrogens is 276 g/mol. The molecule has 2 N–H and O–H groups in total. The van der Waals surface area contributed by atoms with Crippen molar-refractivity contribution in [2.24, 2.45) is 0 Å². The van der Waals surface area contributed by atoms with Crippen LogP contribution in [-0.4, -0.2) is 40.8 Å². The van der Waals surface area contributed by atoms with Crippen molar-refractivity contribution in [1.29, 1.82) is 0 Å². The second-order valence-corrected chi connectivity index (χ2v) is 5.92. The van der Waals surface area contributed by atoms with Crippen LogP contribution in [0, 0.1) is 0 Å². The van der Waals surface area contributed by atoms with Gasteiger partial charge in [0.15, 0.2) is 5.13 Å². The fourth-order valence-electron chi connectivity index (χ4n) is 2.22. The second-order valence-electron chi connectivity index (χ2n) is 4.80. The SMILES string of the molecule is CCCNc1ncc(CN2CC(=O)NC(=O)C2CC)s1. The molecule has 0 saturated carbocycles. The van der Waals surface area contributed by atoms with Gasteiger partial charge in [0, 0.05) is 24.2 Å². The summed E-state index contributed by atoms with van der Waals surface area (Å²) in [4.78, 5) is 30.5. The lowest BCUT2D eigenvalue weighted by atomic mass is 10.1. The maximum atomic E-state index is 11.8. The van der Waals surface area contributed by atoms with Gasteiger partial charge in [0.25, 0.3) is 0 Å². The van der Waals surface area contributed by atoms with Crippen molar-refractivity contribution in [2.45, 2.75) is 39.3 Å². The van der Waals surface area contributed by atoms with Crippen LogP contribution in [0.5, 0.6) is 0 Å². The maximum Gasteiger partial charge on any atom is 0.243 e. The molecule has 1 saturated heterocycles. The number of carbonyl (C=O) groups excluding carboxylic acids is 2. The highest BCUT2D eigenvalue weighted by Crippen LogP contribution is 2.22. The van der Waals surface area contributed by atoms with Gasteiger partial charge in [-0.05, 0) is 12.8 Å². The molecule has 1 fully saturated rings. The number of imide groups is 1. The number of hydrogen-bond donors (Lipinski definition) is 2. The Morgan fingerprint density at radius 2 is 2.30 bits per heavy atom. The van der Waals surface area contributed by atoms with E-state index in [1.54, 1.807) is 11.3 Å². The van der Waals surface area contributed by atoms with E-state index in [-0.39, 0.29) is 24.4 Å². The molecule has 1 unspecified atom stereocenters. The number of hydrogen-bond acceptors (Lipinski definition) is 6. The van der Waals surface area contributed by atoms with Crippen molar-refractivity contribution in [3.05, 3.63) is 11.1 Å². The molecule has 1 atom stereocenters. The zero-order valence-electron chi connectivity index (χ0n) is 11.8. The van der Waals surface area contributed by atoms with E-state index in [1.807, 2.05) is 18.0 Å². The minimum atomic E-state index is -0.234. The van der Waals surface area contributed by atoms with E-state index in [2.05, 4.69) is 22.5 Å². The summed E-state index contributed by atoms with van der Waals surface area (Å²) >= 11 is 1.57. The molecule has 6 nitrogen and oxygen atoms in total. The summed E-state index contributed by atoms with van der Waals surface area (Å²) in [5, 5.41) is 6.51. The number of thiazole rings is 1. The monoisotopic (exact) mass is 296 g/mol. The Kier molecular flexibility index (Phi) is 5.08. The lowest BCUT2D eigenvalue weighted by molar-refractivity contribution is -0.140. The van der Waals surface area contributed by atoms with Crippen LogP contribution in [0.3, 0.4) is 0 Å². The minimum absolute atomic E-state index is 0.197. The van der Waals surface area contributed by atoms with E-state index in [0.717, 1.165) is 23.0 Å². The highest BCUT2D eigenvalue weighted by molar-refractivity contribution is 7.15. The topological polar surface area (TPSA) is 74.3 Å². The van der Waals surface area contributed by atoms with E-state index in [0.29, 0.717) is 13.0 Å². The van der Waals surface area contributed by atoms with Crippen LogP contribution in [0.4, 0.5) is 5.13 Å². The first-order chi connectivity index (χ1) is 9.63. The van der Waals surface area contributed by atoms with Crippen molar-refractivity contribution in [3.63, 3.8) is 0 Å². The number of piperazine rings is 1. The first-order valence-corrected chi connectivity index (χ1v) is 7.72. The Morgan fingerprint density at radius 1 is 1.50 bits per heavy atom. The molecule has 1 aromatic rings. The van der Waals surface area contributed by atoms with Crippen molar-refractivity contribution in [3.8, 4) is 0 Å². The Labute approximate surface area is 122 Å². The first kappa shape index (κ1) is 14.9. The highest BCUT2D eigenvalue weighted by atomic mass is 32.1. The molecule has 20 heavy (non-hydrogen) atoms. The Balaban J connectivity index is 2.01. The van der Waals surface area contributed by atoms with E-state index in [9.17, 15) is 9.59 Å². The van der Waals surface area contributed by atoms with Gasteiger partial charge in [0.2, 0.25) is 11.8 Å². The summed E-state index contributed by atoms with van der Waals surface area (Å²) < 4.78 is 0. The largest absolute Gasteiger partial charge is 0.362 e. The van der Waals surface area contributed by atoms with Gasteiger partial charge in [-0.25, -0.2) is 4.98 Å². The van der Waals surface area contributed by atoms with Crippen LogP contribution in [-0.2, 0) is 16.1 Å². The van der Waals surface area contributed by atoms with Gasteiger partial charge >= 0.3 is 0 Å².